The van der Waals surface area contributed by atoms with Crippen molar-refractivity contribution in [3.63, 3.8) is 0 Å². The monoisotopic (exact) mass is 360 g/mol. The highest BCUT2D eigenvalue weighted by molar-refractivity contribution is 6.30. The SMILES string of the molecule is CC(NC(=O)N(C)CCC(=O)O)c1ccccc1-c1ccc(Cl)cc1. The van der Waals surface area contributed by atoms with E-state index in [2.05, 4.69) is 5.32 Å². The number of carboxylic acids is 1. The largest absolute Gasteiger partial charge is 0.481 e. The zero-order valence-corrected chi connectivity index (χ0v) is 15.0. The molecule has 0 aliphatic rings. The highest BCUT2D eigenvalue weighted by Crippen LogP contribution is 2.29. The molecule has 0 saturated heterocycles. The van der Waals surface area contributed by atoms with Crippen molar-refractivity contribution in [2.24, 2.45) is 0 Å². The minimum atomic E-state index is -0.930. The Labute approximate surface area is 152 Å². The maximum Gasteiger partial charge on any atom is 0.317 e. The van der Waals surface area contributed by atoms with Crippen molar-refractivity contribution in [2.75, 3.05) is 13.6 Å². The van der Waals surface area contributed by atoms with Gasteiger partial charge in [0.15, 0.2) is 0 Å². The normalized spacial score (nSPS) is 11.6. The van der Waals surface area contributed by atoms with Crippen LogP contribution in [0.4, 0.5) is 4.79 Å². The molecule has 1 atom stereocenters. The molecule has 0 saturated carbocycles. The Hall–Kier alpha value is -2.53. The average molecular weight is 361 g/mol. The van der Waals surface area contributed by atoms with Gasteiger partial charge in [-0.2, -0.15) is 0 Å². The smallest absolute Gasteiger partial charge is 0.317 e. The number of hydrogen-bond acceptors (Lipinski definition) is 2. The van der Waals surface area contributed by atoms with E-state index in [1.165, 1.54) is 4.90 Å². The lowest BCUT2D eigenvalue weighted by Crippen LogP contribution is -2.39. The molecule has 0 aliphatic heterocycles. The van der Waals surface area contributed by atoms with E-state index >= 15 is 0 Å². The van der Waals surface area contributed by atoms with E-state index < -0.39 is 5.97 Å². The van der Waals surface area contributed by atoms with Gasteiger partial charge in [0.05, 0.1) is 12.5 Å². The molecule has 5 nitrogen and oxygen atoms in total. The summed E-state index contributed by atoms with van der Waals surface area (Å²) in [7, 11) is 1.58. The van der Waals surface area contributed by atoms with E-state index in [4.69, 9.17) is 16.7 Å². The third kappa shape index (κ3) is 5.22. The van der Waals surface area contributed by atoms with Crippen LogP contribution in [0.15, 0.2) is 48.5 Å². The van der Waals surface area contributed by atoms with Crippen molar-refractivity contribution in [3.8, 4) is 11.1 Å². The van der Waals surface area contributed by atoms with Crippen LogP contribution in [0.5, 0.6) is 0 Å². The third-order valence-electron chi connectivity index (χ3n) is 3.93. The first-order valence-corrected chi connectivity index (χ1v) is 8.34. The molecule has 0 radical (unpaired) electrons. The zero-order chi connectivity index (χ0) is 18.4. The second kappa shape index (κ2) is 8.53. The quantitative estimate of drug-likeness (QED) is 0.811. The van der Waals surface area contributed by atoms with Gasteiger partial charge in [0.2, 0.25) is 0 Å². The molecule has 6 heteroatoms. The Bertz CT molecular complexity index is 747. The van der Waals surface area contributed by atoms with Crippen molar-refractivity contribution in [3.05, 3.63) is 59.1 Å². The highest BCUT2D eigenvalue weighted by Gasteiger charge is 2.17. The van der Waals surface area contributed by atoms with Gasteiger partial charge in [-0.3, -0.25) is 4.79 Å². The zero-order valence-electron chi connectivity index (χ0n) is 14.2. The molecule has 2 aromatic rings. The van der Waals surface area contributed by atoms with E-state index in [0.717, 1.165) is 16.7 Å². The molecule has 0 bridgehead atoms. The van der Waals surface area contributed by atoms with E-state index in [9.17, 15) is 9.59 Å². The maximum absolute atomic E-state index is 12.2. The third-order valence-corrected chi connectivity index (χ3v) is 4.18. The van der Waals surface area contributed by atoms with Gasteiger partial charge >= 0.3 is 12.0 Å². The number of urea groups is 1. The van der Waals surface area contributed by atoms with Crippen LogP contribution in [-0.2, 0) is 4.79 Å². The Balaban J connectivity index is 2.14. The molecule has 0 aliphatic carbocycles. The summed E-state index contributed by atoms with van der Waals surface area (Å²) in [6, 6.07) is 14.8. The molecule has 0 spiro atoms. The van der Waals surface area contributed by atoms with Crippen molar-refractivity contribution in [2.45, 2.75) is 19.4 Å². The molecule has 2 rings (SSSR count). The fourth-order valence-corrected chi connectivity index (χ4v) is 2.63. The van der Waals surface area contributed by atoms with Crippen LogP contribution in [0, 0.1) is 0 Å². The number of nitrogens with one attached hydrogen (secondary N) is 1. The van der Waals surface area contributed by atoms with Crippen molar-refractivity contribution < 1.29 is 14.7 Å². The number of carboxylic acid groups (broad SMARTS) is 1. The first-order chi connectivity index (χ1) is 11.9. The molecule has 2 N–H and O–H groups in total. The number of carbonyl (C=O) groups excluding carboxylic acids is 1. The van der Waals surface area contributed by atoms with Gasteiger partial charge in [0.25, 0.3) is 0 Å². The van der Waals surface area contributed by atoms with Crippen LogP contribution in [0.25, 0.3) is 11.1 Å². The summed E-state index contributed by atoms with van der Waals surface area (Å²) in [6.45, 7) is 2.06. The standard InChI is InChI=1S/C19H21ClN2O3/c1-13(21-19(25)22(2)12-11-18(23)24)16-5-3-4-6-17(16)14-7-9-15(20)10-8-14/h3-10,13H,11-12H2,1-2H3,(H,21,25)(H,23,24). The van der Waals surface area contributed by atoms with Crippen LogP contribution in [0.1, 0.15) is 24.9 Å². The fraction of sp³-hybridized carbons (Fsp3) is 0.263. The first-order valence-electron chi connectivity index (χ1n) is 7.96. The summed E-state index contributed by atoms with van der Waals surface area (Å²) >= 11 is 5.95. The molecule has 25 heavy (non-hydrogen) atoms. The Morgan fingerprint density at radius 2 is 1.80 bits per heavy atom. The molecule has 1 unspecified atom stereocenters. The minimum Gasteiger partial charge on any atom is -0.481 e. The van der Waals surface area contributed by atoms with Gasteiger partial charge in [0.1, 0.15) is 0 Å². The number of benzene rings is 2. The number of aliphatic carboxylic acids is 1. The summed E-state index contributed by atoms with van der Waals surface area (Å²) in [6.07, 6.45) is -0.0837. The highest BCUT2D eigenvalue weighted by atomic mass is 35.5. The molecule has 0 heterocycles. The first kappa shape index (κ1) is 18.8. The van der Waals surface area contributed by atoms with Crippen LogP contribution < -0.4 is 5.32 Å². The Kier molecular flexibility index (Phi) is 6.42. The molecular weight excluding hydrogens is 340 g/mol. The van der Waals surface area contributed by atoms with Crippen molar-refractivity contribution in [1.29, 1.82) is 0 Å². The molecule has 2 aromatic carbocycles. The number of halogens is 1. The van der Waals surface area contributed by atoms with Gasteiger partial charge in [-0.1, -0.05) is 48.0 Å². The Morgan fingerprint density at radius 3 is 2.44 bits per heavy atom. The molecule has 132 valence electrons. The summed E-state index contributed by atoms with van der Waals surface area (Å²) in [5.74, 6) is -0.930. The molecular formula is C19H21ClN2O3. The molecule has 0 fully saturated rings. The minimum absolute atomic E-state index is 0.0837. The van der Waals surface area contributed by atoms with Gasteiger partial charge in [-0.25, -0.2) is 4.79 Å². The molecule has 2 amide bonds. The second-order valence-electron chi connectivity index (χ2n) is 5.83. The van der Waals surface area contributed by atoms with Gasteiger partial charge in [0, 0.05) is 18.6 Å². The Morgan fingerprint density at radius 1 is 1.16 bits per heavy atom. The average Bonchev–Trinajstić information content (AvgIpc) is 2.60. The number of rotatable bonds is 6. The number of nitrogens with zero attached hydrogens (tertiary/aromatic N) is 1. The number of carbonyl (C=O) groups is 2. The van der Waals surface area contributed by atoms with Gasteiger partial charge in [-0.05, 0) is 35.7 Å². The summed E-state index contributed by atoms with van der Waals surface area (Å²) in [5, 5.41) is 12.3. The van der Waals surface area contributed by atoms with E-state index in [0.29, 0.717) is 5.02 Å². The van der Waals surface area contributed by atoms with Crippen molar-refractivity contribution in [1.82, 2.24) is 10.2 Å². The van der Waals surface area contributed by atoms with Crippen LogP contribution in [0.2, 0.25) is 5.02 Å². The summed E-state index contributed by atoms with van der Waals surface area (Å²) in [4.78, 5) is 24.2. The number of hydrogen-bond donors (Lipinski definition) is 2. The fourth-order valence-electron chi connectivity index (χ4n) is 2.50. The van der Waals surface area contributed by atoms with Gasteiger partial charge < -0.3 is 15.3 Å². The topological polar surface area (TPSA) is 69.6 Å². The predicted molar refractivity (Wildman–Crippen MR) is 98.7 cm³/mol. The lowest BCUT2D eigenvalue weighted by Gasteiger charge is -2.22. The summed E-state index contributed by atoms with van der Waals surface area (Å²) < 4.78 is 0. The van der Waals surface area contributed by atoms with Crippen LogP contribution >= 0.6 is 11.6 Å². The maximum atomic E-state index is 12.2. The van der Waals surface area contributed by atoms with E-state index in [1.807, 2.05) is 55.5 Å². The lowest BCUT2D eigenvalue weighted by atomic mass is 9.95. The lowest BCUT2D eigenvalue weighted by molar-refractivity contribution is -0.137. The van der Waals surface area contributed by atoms with Crippen molar-refractivity contribution >= 4 is 23.6 Å². The van der Waals surface area contributed by atoms with Gasteiger partial charge in [-0.15, -0.1) is 0 Å². The number of amides is 2. The predicted octanol–water partition coefficient (Wildman–Crippen LogP) is 4.18. The summed E-state index contributed by atoms with van der Waals surface area (Å²) in [5.41, 5.74) is 3.00. The second-order valence-corrected chi connectivity index (χ2v) is 6.27. The van der Waals surface area contributed by atoms with Crippen LogP contribution in [0.3, 0.4) is 0 Å². The van der Waals surface area contributed by atoms with Crippen LogP contribution in [-0.4, -0.2) is 35.6 Å². The van der Waals surface area contributed by atoms with E-state index in [-0.39, 0.29) is 25.0 Å². The molecule has 0 aromatic heterocycles. The van der Waals surface area contributed by atoms with E-state index in [1.54, 1.807) is 7.05 Å².